The van der Waals surface area contributed by atoms with Crippen LogP contribution in [0.3, 0.4) is 0 Å². The number of rotatable bonds is 2. The normalized spacial score (nSPS) is 11.2. The fourth-order valence-electron chi connectivity index (χ4n) is 1.68. The molecule has 0 atom stereocenters. The largest absolute Gasteiger partial charge is 0.416 e. The highest BCUT2D eigenvalue weighted by Gasteiger charge is 2.30. The lowest BCUT2D eigenvalue weighted by Crippen LogP contribution is -2.14. The summed E-state index contributed by atoms with van der Waals surface area (Å²) >= 11 is 2.06. The zero-order valence-electron chi connectivity index (χ0n) is 10.5. The summed E-state index contributed by atoms with van der Waals surface area (Å²) in [5, 5.41) is 2.50. The highest BCUT2D eigenvalue weighted by atomic mass is 127. The summed E-state index contributed by atoms with van der Waals surface area (Å²) in [6.07, 6.45) is -4.47. The fraction of sp³-hybridized carbons (Fsp3) is 0.0714. The van der Waals surface area contributed by atoms with Gasteiger partial charge in [-0.15, -0.1) is 0 Å². The van der Waals surface area contributed by atoms with Crippen LogP contribution >= 0.6 is 22.6 Å². The summed E-state index contributed by atoms with van der Waals surface area (Å²) in [5.41, 5.74) is 5.12. The molecule has 7 heteroatoms. The van der Waals surface area contributed by atoms with Crippen molar-refractivity contribution in [1.82, 2.24) is 0 Å². The lowest BCUT2D eigenvalue weighted by molar-refractivity contribution is -0.137. The second kappa shape index (κ2) is 5.92. The number of nitrogens with one attached hydrogen (secondary N) is 1. The molecule has 0 saturated heterocycles. The van der Waals surface area contributed by atoms with Gasteiger partial charge in [0.25, 0.3) is 5.91 Å². The Bertz CT molecular complexity index is 686. The van der Waals surface area contributed by atoms with Crippen molar-refractivity contribution in [3.63, 3.8) is 0 Å². The van der Waals surface area contributed by atoms with Crippen molar-refractivity contribution >= 4 is 39.9 Å². The zero-order chi connectivity index (χ0) is 15.6. The molecule has 0 bridgehead atoms. The third-order valence-electron chi connectivity index (χ3n) is 2.71. The van der Waals surface area contributed by atoms with Crippen LogP contribution in [0.4, 0.5) is 24.5 Å². The summed E-state index contributed by atoms with van der Waals surface area (Å²) in [5.74, 6) is -0.431. The van der Waals surface area contributed by atoms with Crippen molar-refractivity contribution in [2.45, 2.75) is 6.18 Å². The molecule has 0 spiro atoms. The first-order chi connectivity index (χ1) is 9.77. The van der Waals surface area contributed by atoms with E-state index in [1.54, 1.807) is 18.2 Å². The molecule has 0 heterocycles. The van der Waals surface area contributed by atoms with Crippen LogP contribution in [0.25, 0.3) is 0 Å². The Kier molecular flexibility index (Phi) is 4.40. The van der Waals surface area contributed by atoms with E-state index in [2.05, 4.69) is 27.9 Å². The monoisotopic (exact) mass is 406 g/mol. The summed E-state index contributed by atoms with van der Waals surface area (Å²) in [4.78, 5) is 12.0. The van der Waals surface area contributed by atoms with E-state index < -0.39 is 17.6 Å². The summed E-state index contributed by atoms with van der Waals surface area (Å²) < 4.78 is 38.5. The number of nitrogens with two attached hydrogens (primary N) is 1. The molecule has 0 saturated carbocycles. The first-order valence-corrected chi connectivity index (χ1v) is 6.89. The van der Waals surface area contributed by atoms with Crippen LogP contribution in [0.15, 0.2) is 42.5 Å². The van der Waals surface area contributed by atoms with Crippen LogP contribution in [-0.4, -0.2) is 5.91 Å². The van der Waals surface area contributed by atoms with Crippen LogP contribution in [0, 0.1) is 3.57 Å². The van der Waals surface area contributed by atoms with E-state index in [1.165, 1.54) is 0 Å². The minimum absolute atomic E-state index is 0.135. The molecule has 1 amide bonds. The van der Waals surface area contributed by atoms with E-state index in [9.17, 15) is 18.0 Å². The smallest absolute Gasteiger partial charge is 0.397 e. The molecule has 3 nitrogen and oxygen atoms in total. The number of halogens is 4. The van der Waals surface area contributed by atoms with Crippen LogP contribution in [-0.2, 0) is 6.18 Å². The molecule has 0 aliphatic rings. The second-order valence-electron chi connectivity index (χ2n) is 4.26. The SMILES string of the molecule is Nc1cc(C(F)(F)F)ccc1NC(=O)c1cccc(I)c1. The molecule has 2 aromatic rings. The van der Waals surface area contributed by atoms with Gasteiger partial charge < -0.3 is 11.1 Å². The van der Waals surface area contributed by atoms with Crippen molar-refractivity contribution in [3.05, 3.63) is 57.2 Å². The number of hydrogen-bond acceptors (Lipinski definition) is 2. The molecule has 2 rings (SSSR count). The molecular weight excluding hydrogens is 396 g/mol. The van der Waals surface area contributed by atoms with E-state index >= 15 is 0 Å². The van der Waals surface area contributed by atoms with E-state index in [-0.39, 0.29) is 11.4 Å². The van der Waals surface area contributed by atoms with Crippen molar-refractivity contribution in [1.29, 1.82) is 0 Å². The molecule has 0 fully saturated rings. The molecule has 0 radical (unpaired) electrons. The number of amides is 1. The summed E-state index contributed by atoms with van der Waals surface area (Å²) in [6, 6.07) is 9.62. The molecular formula is C14H10F3IN2O. The maximum atomic E-state index is 12.5. The average molecular weight is 406 g/mol. The van der Waals surface area contributed by atoms with Gasteiger partial charge in [-0.3, -0.25) is 4.79 Å². The van der Waals surface area contributed by atoms with Crippen LogP contribution in [0.5, 0.6) is 0 Å². The Balaban J connectivity index is 2.22. The lowest BCUT2D eigenvalue weighted by atomic mass is 10.1. The van der Waals surface area contributed by atoms with E-state index in [0.29, 0.717) is 5.56 Å². The lowest BCUT2D eigenvalue weighted by Gasteiger charge is -2.12. The van der Waals surface area contributed by atoms with Crippen molar-refractivity contribution < 1.29 is 18.0 Å². The predicted octanol–water partition coefficient (Wildman–Crippen LogP) is 4.14. The Morgan fingerprint density at radius 2 is 1.86 bits per heavy atom. The van der Waals surface area contributed by atoms with E-state index in [4.69, 9.17) is 5.73 Å². The quantitative estimate of drug-likeness (QED) is 0.582. The molecule has 0 aliphatic heterocycles. The van der Waals surface area contributed by atoms with Crippen molar-refractivity contribution in [2.24, 2.45) is 0 Å². The van der Waals surface area contributed by atoms with Gasteiger partial charge in [0.1, 0.15) is 0 Å². The van der Waals surface area contributed by atoms with Gasteiger partial charge >= 0.3 is 6.18 Å². The number of alkyl halides is 3. The third kappa shape index (κ3) is 3.87. The topological polar surface area (TPSA) is 55.1 Å². The predicted molar refractivity (Wildman–Crippen MR) is 83.0 cm³/mol. The van der Waals surface area contributed by atoms with Gasteiger partial charge in [-0.25, -0.2) is 0 Å². The Hall–Kier alpha value is -1.77. The second-order valence-corrected chi connectivity index (χ2v) is 5.51. The fourth-order valence-corrected chi connectivity index (χ4v) is 2.22. The standard InChI is InChI=1S/C14H10F3IN2O/c15-14(16,17)9-4-5-12(11(19)7-9)20-13(21)8-2-1-3-10(18)6-8/h1-7H,19H2,(H,20,21). The van der Waals surface area contributed by atoms with Crippen LogP contribution in [0.1, 0.15) is 15.9 Å². The number of hydrogen-bond donors (Lipinski definition) is 2. The molecule has 0 aromatic heterocycles. The van der Waals surface area contributed by atoms with Crippen LogP contribution < -0.4 is 11.1 Å². The molecule has 21 heavy (non-hydrogen) atoms. The zero-order valence-corrected chi connectivity index (χ0v) is 12.7. The van der Waals surface area contributed by atoms with Gasteiger partial charge in [0.05, 0.1) is 16.9 Å². The highest BCUT2D eigenvalue weighted by Crippen LogP contribution is 2.32. The van der Waals surface area contributed by atoms with Crippen LogP contribution in [0.2, 0.25) is 0 Å². The van der Waals surface area contributed by atoms with Crippen molar-refractivity contribution in [2.75, 3.05) is 11.1 Å². The van der Waals surface area contributed by atoms with Gasteiger partial charge in [0, 0.05) is 9.13 Å². The summed E-state index contributed by atoms with van der Waals surface area (Å²) in [6.45, 7) is 0. The van der Waals surface area contributed by atoms with Gasteiger partial charge in [0.2, 0.25) is 0 Å². The number of carbonyl (C=O) groups excluding carboxylic acids is 1. The Morgan fingerprint density at radius 3 is 2.43 bits per heavy atom. The Labute approximate surface area is 132 Å². The maximum absolute atomic E-state index is 12.5. The minimum atomic E-state index is -4.47. The number of nitrogen functional groups attached to an aromatic ring is 1. The Morgan fingerprint density at radius 1 is 1.14 bits per heavy atom. The van der Waals surface area contributed by atoms with Crippen molar-refractivity contribution in [3.8, 4) is 0 Å². The van der Waals surface area contributed by atoms with Gasteiger partial charge in [0.15, 0.2) is 0 Å². The van der Waals surface area contributed by atoms with Gasteiger partial charge in [-0.1, -0.05) is 6.07 Å². The molecule has 110 valence electrons. The molecule has 2 aromatic carbocycles. The number of benzene rings is 2. The molecule has 0 aliphatic carbocycles. The highest BCUT2D eigenvalue weighted by molar-refractivity contribution is 14.1. The third-order valence-corrected chi connectivity index (χ3v) is 3.38. The molecule has 0 unspecified atom stereocenters. The van der Waals surface area contributed by atoms with Gasteiger partial charge in [-0.05, 0) is 59.0 Å². The summed E-state index contributed by atoms with van der Waals surface area (Å²) in [7, 11) is 0. The number of anilines is 2. The average Bonchev–Trinajstić information content (AvgIpc) is 2.39. The first-order valence-electron chi connectivity index (χ1n) is 5.81. The minimum Gasteiger partial charge on any atom is -0.397 e. The molecule has 3 N–H and O–H groups in total. The number of carbonyl (C=O) groups is 1. The van der Waals surface area contributed by atoms with Gasteiger partial charge in [-0.2, -0.15) is 13.2 Å². The first kappa shape index (κ1) is 15.6. The van der Waals surface area contributed by atoms with E-state index in [0.717, 1.165) is 21.8 Å². The van der Waals surface area contributed by atoms with E-state index in [1.807, 2.05) is 6.07 Å². The maximum Gasteiger partial charge on any atom is 0.416 e.